The van der Waals surface area contributed by atoms with Gasteiger partial charge in [-0.2, -0.15) is 5.10 Å². The van der Waals surface area contributed by atoms with Gasteiger partial charge < -0.3 is 5.11 Å². The van der Waals surface area contributed by atoms with E-state index in [1.54, 1.807) is 24.4 Å². The van der Waals surface area contributed by atoms with Gasteiger partial charge >= 0.3 is 0 Å². The Morgan fingerprint density at radius 1 is 1.43 bits per heavy atom. The number of hydrogen-bond donors (Lipinski definition) is 1. The zero-order valence-electron chi connectivity index (χ0n) is 11.7. The maximum Gasteiger partial charge on any atom is 0.272 e. The van der Waals surface area contributed by atoms with Crippen LogP contribution in [0.15, 0.2) is 30.6 Å². The van der Waals surface area contributed by atoms with Crippen molar-refractivity contribution in [3.8, 4) is 0 Å². The van der Waals surface area contributed by atoms with Gasteiger partial charge in [0.2, 0.25) is 10.0 Å². The maximum atomic E-state index is 12.5. The number of aliphatic hydroxyl groups excluding tert-OH is 1. The highest BCUT2D eigenvalue weighted by Gasteiger charge is 2.27. The molecule has 0 fully saturated rings. The fraction of sp³-hybridized carbons (Fsp3) is 0.333. The molecule has 0 atom stereocenters. The zero-order valence-corrected chi connectivity index (χ0v) is 12.5. The summed E-state index contributed by atoms with van der Waals surface area (Å²) >= 11 is 0. The number of pyridine rings is 1. The van der Waals surface area contributed by atoms with Gasteiger partial charge in [0, 0.05) is 13.2 Å². The highest BCUT2D eigenvalue weighted by Crippen LogP contribution is 2.14. The molecule has 0 aromatic carbocycles. The molecule has 0 saturated carbocycles. The molecule has 114 valence electrons. The fourth-order valence-corrected chi connectivity index (χ4v) is 2.93. The summed E-state index contributed by atoms with van der Waals surface area (Å²) in [6.07, 6.45) is 4.05. The molecule has 2 rings (SSSR count). The third-order valence-corrected chi connectivity index (χ3v) is 4.15. The van der Waals surface area contributed by atoms with Gasteiger partial charge in [-0.25, -0.2) is 12.9 Å². The van der Waals surface area contributed by atoms with Crippen LogP contribution in [-0.4, -0.2) is 64.9 Å². The SMILES string of the molecule is CN(C(=O)c1cnn2ccccc12)N(CCO)S(C)(=O)=O. The lowest BCUT2D eigenvalue weighted by molar-refractivity contribution is 0.0421. The van der Waals surface area contributed by atoms with E-state index in [1.165, 1.54) is 17.8 Å². The van der Waals surface area contributed by atoms with Gasteiger partial charge in [-0.05, 0) is 12.1 Å². The molecule has 1 amide bonds. The van der Waals surface area contributed by atoms with Crippen molar-refractivity contribution in [2.24, 2.45) is 0 Å². The van der Waals surface area contributed by atoms with Crippen LogP contribution in [0.25, 0.3) is 5.52 Å². The normalized spacial score (nSPS) is 12.0. The van der Waals surface area contributed by atoms with Crippen LogP contribution in [-0.2, 0) is 10.0 Å². The van der Waals surface area contributed by atoms with Gasteiger partial charge in [-0.1, -0.05) is 6.07 Å². The van der Waals surface area contributed by atoms with Crippen molar-refractivity contribution in [2.75, 3.05) is 26.5 Å². The molecule has 0 aliphatic carbocycles. The molecule has 9 heteroatoms. The van der Waals surface area contributed by atoms with E-state index >= 15 is 0 Å². The average Bonchev–Trinajstić information content (AvgIpc) is 2.86. The number of aromatic nitrogens is 2. The van der Waals surface area contributed by atoms with E-state index in [9.17, 15) is 13.2 Å². The Hall–Kier alpha value is -1.97. The Morgan fingerprint density at radius 3 is 2.76 bits per heavy atom. The second-order valence-corrected chi connectivity index (χ2v) is 6.34. The first kappa shape index (κ1) is 15.4. The Kier molecular flexibility index (Phi) is 4.26. The van der Waals surface area contributed by atoms with Crippen molar-refractivity contribution in [3.63, 3.8) is 0 Å². The standard InChI is InChI=1S/C12H16N4O4S/c1-14(16(7-8-17)21(2,19)20)12(18)10-9-13-15-6-4-3-5-11(10)15/h3-6,9,17H,7-8H2,1-2H3. The largest absolute Gasteiger partial charge is 0.395 e. The molecule has 2 heterocycles. The minimum atomic E-state index is -3.66. The van der Waals surface area contributed by atoms with Crippen molar-refractivity contribution in [3.05, 3.63) is 36.2 Å². The lowest BCUT2D eigenvalue weighted by Crippen LogP contribution is -2.48. The van der Waals surface area contributed by atoms with Crippen LogP contribution in [0.3, 0.4) is 0 Å². The predicted molar refractivity (Wildman–Crippen MR) is 75.9 cm³/mol. The summed E-state index contributed by atoms with van der Waals surface area (Å²) in [6.45, 7) is -0.584. The quantitative estimate of drug-likeness (QED) is 0.756. The number of nitrogens with zero attached hydrogens (tertiary/aromatic N) is 4. The van der Waals surface area contributed by atoms with E-state index in [2.05, 4.69) is 5.10 Å². The smallest absolute Gasteiger partial charge is 0.272 e. The number of fused-ring (bicyclic) bond motifs is 1. The van der Waals surface area contributed by atoms with Crippen molar-refractivity contribution in [1.82, 2.24) is 19.0 Å². The van der Waals surface area contributed by atoms with Crippen LogP contribution in [0.1, 0.15) is 10.4 Å². The molecule has 0 aliphatic heterocycles. The van der Waals surface area contributed by atoms with E-state index in [0.29, 0.717) is 5.52 Å². The fourth-order valence-electron chi connectivity index (χ4n) is 2.00. The molecule has 0 radical (unpaired) electrons. The Bertz CT molecular complexity index is 755. The number of hydrazine groups is 1. The van der Waals surface area contributed by atoms with Gasteiger partial charge in [-0.15, -0.1) is 4.41 Å². The van der Waals surface area contributed by atoms with Crippen LogP contribution >= 0.6 is 0 Å². The van der Waals surface area contributed by atoms with Crippen LogP contribution in [0.4, 0.5) is 0 Å². The van der Waals surface area contributed by atoms with E-state index in [0.717, 1.165) is 15.7 Å². The lowest BCUT2D eigenvalue weighted by atomic mass is 10.2. The maximum absolute atomic E-state index is 12.5. The molecule has 0 bridgehead atoms. The second kappa shape index (κ2) is 5.80. The number of hydrogen-bond acceptors (Lipinski definition) is 5. The summed E-state index contributed by atoms with van der Waals surface area (Å²) in [5.74, 6) is -0.518. The van der Waals surface area contributed by atoms with E-state index < -0.39 is 15.9 Å². The highest BCUT2D eigenvalue weighted by molar-refractivity contribution is 7.88. The molecule has 2 aromatic rings. The van der Waals surface area contributed by atoms with E-state index in [-0.39, 0.29) is 18.7 Å². The van der Waals surface area contributed by atoms with Crippen molar-refractivity contribution in [1.29, 1.82) is 0 Å². The molecule has 2 aromatic heterocycles. The molecule has 1 N–H and O–H groups in total. The minimum Gasteiger partial charge on any atom is -0.395 e. The number of sulfonamides is 1. The summed E-state index contributed by atoms with van der Waals surface area (Å²) in [6, 6.07) is 5.24. The first-order valence-electron chi connectivity index (χ1n) is 6.15. The average molecular weight is 312 g/mol. The first-order chi connectivity index (χ1) is 9.86. The third-order valence-electron chi connectivity index (χ3n) is 2.96. The number of carbonyl (C=O) groups excluding carboxylic acids is 1. The van der Waals surface area contributed by atoms with Gasteiger partial charge in [0.05, 0.1) is 36.7 Å². The summed E-state index contributed by atoms with van der Waals surface area (Å²) < 4.78 is 25.7. The molecule has 21 heavy (non-hydrogen) atoms. The number of rotatable bonds is 5. The molecule has 8 nitrogen and oxygen atoms in total. The van der Waals surface area contributed by atoms with Gasteiger partial charge in [0.25, 0.3) is 5.91 Å². The van der Waals surface area contributed by atoms with Crippen molar-refractivity contribution < 1.29 is 18.3 Å². The van der Waals surface area contributed by atoms with E-state index in [1.807, 2.05) is 0 Å². The Balaban J connectivity index is 2.38. The Morgan fingerprint density at radius 2 is 2.14 bits per heavy atom. The number of carbonyl (C=O) groups is 1. The predicted octanol–water partition coefficient (Wildman–Crippen LogP) is -0.425. The Labute approximate surface area is 122 Å². The number of amides is 1. The molecule has 0 unspecified atom stereocenters. The lowest BCUT2D eigenvalue weighted by Gasteiger charge is -2.28. The summed E-state index contributed by atoms with van der Waals surface area (Å²) in [5.41, 5.74) is 0.858. The van der Waals surface area contributed by atoms with Crippen LogP contribution in [0.5, 0.6) is 0 Å². The first-order valence-corrected chi connectivity index (χ1v) is 8.00. The molecular weight excluding hydrogens is 296 g/mol. The van der Waals surface area contributed by atoms with Gasteiger partial charge in [-0.3, -0.25) is 9.80 Å². The summed E-state index contributed by atoms with van der Waals surface area (Å²) in [7, 11) is -2.33. The summed E-state index contributed by atoms with van der Waals surface area (Å²) in [4.78, 5) is 12.5. The highest BCUT2D eigenvalue weighted by atomic mass is 32.2. The molecule has 0 saturated heterocycles. The minimum absolute atomic E-state index is 0.194. The third kappa shape index (κ3) is 3.04. The van der Waals surface area contributed by atoms with Crippen LogP contribution in [0, 0.1) is 0 Å². The molecule has 0 aliphatic rings. The zero-order chi connectivity index (χ0) is 15.6. The second-order valence-electron chi connectivity index (χ2n) is 4.45. The van der Waals surface area contributed by atoms with Gasteiger partial charge in [0.1, 0.15) is 0 Å². The topological polar surface area (TPSA) is 95.2 Å². The van der Waals surface area contributed by atoms with Gasteiger partial charge in [0.15, 0.2) is 0 Å². The molecular formula is C12H16N4O4S. The van der Waals surface area contributed by atoms with Crippen LogP contribution < -0.4 is 0 Å². The van der Waals surface area contributed by atoms with Crippen molar-refractivity contribution in [2.45, 2.75) is 0 Å². The summed E-state index contributed by atoms with van der Waals surface area (Å²) in [5, 5.41) is 14.0. The number of aliphatic hydroxyl groups is 1. The van der Waals surface area contributed by atoms with Crippen molar-refractivity contribution >= 4 is 21.4 Å². The monoisotopic (exact) mass is 312 g/mol. The molecule has 0 spiro atoms. The van der Waals surface area contributed by atoms with Crippen LogP contribution in [0.2, 0.25) is 0 Å². The van der Waals surface area contributed by atoms with E-state index in [4.69, 9.17) is 5.11 Å².